The van der Waals surface area contributed by atoms with E-state index in [0.717, 1.165) is 24.1 Å². The van der Waals surface area contributed by atoms with Crippen molar-refractivity contribution >= 4 is 55.0 Å². The SMILES string of the molecule is CN1CCCC1COc1nc(N2CCNCC(F)(F)C2)c2cc(Cl)c(-c3cccc4sc(N)nc34)c(F)c2n1. The summed E-state index contributed by atoms with van der Waals surface area (Å²) in [6.45, 7) is 0.769. The number of thiazole rings is 1. The van der Waals surface area contributed by atoms with Crippen molar-refractivity contribution in [3.8, 4) is 17.1 Å². The standard InChI is InChI=1S/C26H27ClF3N7OS/c1-36-8-3-4-14(36)11-38-25-34-22-16(23(35-25)37-9-7-32-12-26(29,30)13-37)10-17(27)19(20(22)28)15-5-2-6-18-21(15)33-24(31)39-18/h2,5-6,10,14,32H,3-4,7-9,11-13H2,1H3,(H2,31,33). The van der Waals surface area contributed by atoms with Gasteiger partial charge in [-0.05, 0) is 38.6 Å². The van der Waals surface area contributed by atoms with Crippen LogP contribution in [0.25, 0.3) is 32.2 Å². The predicted octanol–water partition coefficient (Wildman–Crippen LogP) is 4.80. The van der Waals surface area contributed by atoms with E-state index in [1.54, 1.807) is 12.1 Å². The minimum absolute atomic E-state index is 0.0603. The van der Waals surface area contributed by atoms with E-state index in [0.29, 0.717) is 29.4 Å². The molecule has 3 N–H and O–H groups in total. The van der Waals surface area contributed by atoms with Crippen molar-refractivity contribution in [1.29, 1.82) is 0 Å². The highest BCUT2D eigenvalue weighted by molar-refractivity contribution is 7.22. The highest BCUT2D eigenvalue weighted by atomic mass is 35.5. The summed E-state index contributed by atoms with van der Waals surface area (Å²) in [5.74, 6) is -3.56. The lowest BCUT2D eigenvalue weighted by molar-refractivity contribution is 0.0156. The van der Waals surface area contributed by atoms with Gasteiger partial charge in [0.25, 0.3) is 5.92 Å². The largest absolute Gasteiger partial charge is 0.462 e. The van der Waals surface area contributed by atoms with Gasteiger partial charge in [0.15, 0.2) is 10.9 Å². The molecule has 8 nitrogen and oxygen atoms in total. The lowest BCUT2D eigenvalue weighted by Crippen LogP contribution is -2.39. The molecule has 1 unspecified atom stereocenters. The molecular formula is C26H27ClF3N7OS. The average Bonchev–Trinajstić information content (AvgIpc) is 3.43. The van der Waals surface area contributed by atoms with Gasteiger partial charge in [0.2, 0.25) is 0 Å². The highest BCUT2D eigenvalue weighted by Crippen LogP contribution is 2.42. The quantitative estimate of drug-likeness (QED) is 0.350. The number of benzene rings is 2. The Morgan fingerprint density at radius 1 is 1.23 bits per heavy atom. The number of ether oxygens (including phenoxy) is 1. The fraction of sp³-hybridized carbons (Fsp3) is 0.423. The normalized spacial score (nSPS) is 20.1. The van der Waals surface area contributed by atoms with Crippen LogP contribution in [0.3, 0.4) is 0 Å². The number of nitrogens with two attached hydrogens (primary N) is 1. The third-order valence-electron chi connectivity index (χ3n) is 7.29. The monoisotopic (exact) mass is 577 g/mol. The van der Waals surface area contributed by atoms with Gasteiger partial charge in [-0.15, -0.1) is 0 Å². The summed E-state index contributed by atoms with van der Waals surface area (Å²) in [6.07, 6.45) is 2.00. The summed E-state index contributed by atoms with van der Waals surface area (Å²) >= 11 is 7.97. The number of likely N-dealkylation sites (tertiary alicyclic amines) is 1. The highest BCUT2D eigenvalue weighted by Gasteiger charge is 2.35. The molecule has 2 aliphatic rings. The number of rotatable bonds is 5. The molecular weight excluding hydrogens is 551 g/mol. The molecule has 2 aliphatic heterocycles. The molecule has 2 aromatic carbocycles. The van der Waals surface area contributed by atoms with Crippen molar-refractivity contribution in [3.05, 3.63) is 35.1 Å². The molecule has 4 heterocycles. The van der Waals surface area contributed by atoms with Crippen molar-refractivity contribution in [2.45, 2.75) is 24.8 Å². The van der Waals surface area contributed by atoms with Gasteiger partial charge in [-0.3, -0.25) is 0 Å². The second-order valence-corrected chi connectivity index (χ2v) is 11.5. The molecule has 2 fully saturated rings. The summed E-state index contributed by atoms with van der Waals surface area (Å²) < 4.78 is 52.4. The molecule has 0 spiro atoms. The number of para-hydroxylation sites is 1. The number of alkyl halides is 2. The number of hydrogen-bond donors (Lipinski definition) is 2. The summed E-state index contributed by atoms with van der Waals surface area (Å²) in [5, 5.41) is 3.42. The van der Waals surface area contributed by atoms with E-state index in [4.69, 9.17) is 22.1 Å². The van der Waals surface area contributed by atoms with Gasteiger partial charge in [-0.25, -0.2) is 18.2 Å². The number of hydrogen-bond acceptors (Lipinski definition) is 9. The third-order valence-corrected chi connectivity index (χ3v) is 8.44. The maximum Gasteiger partial charge on any atom is 0.319 e. The Hall–Kier alpha value is -2.93. The van der Waals surface area contributed by atoms with Gasteiger partial charge >= 0.3 is 6.01 Å². The van der Waals surface area contributed by atoms with Gasteiger partial charge in [0, 0.05) is 35.6 Å². The van der Waals surface area contributed by atoms with E-state index >= 15 is 4.39 Å². The first-order valence-electron chi connectivity index (χ1n) is 12.7. The summed E-state index contributed by atoms with van der Waals surface area (Å²) in [7, 11) is 2.01. The second-order valence-electron chi connectivity index (χ2n) is 10.0. The van der Waals surface area contributed by atoms with Gasteiger partial charge in [0.05, 0.1) is 28.3 Å². The molecule has 2 saturated heterocycles. The number of nitrogen functional groups attached to an aromatic ring is 1. The zero-order valence-electron chi connectivity index (χ0n) is 21.2. The molecule has 0 amide bonds. The van der Waals surface area contributed by atoms with Crippen molar-refractivity contribution in [1.82, 2.24) is 25.2 Å². The number of aromatic nitrogens is 3. The third kappa shape index (κ3) is 5.06. The smallest absolute Gasteiger partial charge is 0.319 e. The van der Waals surface area contributed by atoms with Gasteiger partial charge < -0.3 is 25.6 Å². The van der Waals surface area contributed by atoms with E-state index in [2.05, 4.69) is 25.2 Å². The molecule has 4 aromatic rings. The molecule has 0 saturated carbocycles. The van der Waals surface area contributed by atoms with Crippen LogP contribution in [0.4, 0.5) is 24.1 Å². The molecule has 206 valence electrons. The number of fused-ring (bicyclic) bond motifs is 2. The Kier molecular flexibility index (Phi) is 6.90. The zero-order valence-corrected chi connectivity index (χ0v) is 22.8. The van der Waals surface area contributed by atoms with Crippen LogP contribution in [0.15, 0.2) is 24.3 Å². The van der Waals surface area contributed by atoms with Crippen molar-refractivity contribution in [2.75, 3.05) is 57.0 Å². The van der Waals surface area contributed by atoms with Gasteiger partial charge in [-0.1, -0.05) is 35.1 Å². The molecule has 2 aromatic heterocycles. The number of nitrogens with one attached hydrogen (secondary N) is 1. The van der Waals surface area contributed by atoms with Crippen LogP contribution in [-0.2, 0) is 0 Å². The molecule has 6 rings (SSSR count). The minimum atomic E-state index is -3.01. The topological polar surface area (TPSA) is 92.4 Å². The maximum atomic E-state index is 16.4. The first-order valence-corrected chi connectivity index (χ1v) is 13.9. The van der Waals surface area contributed by atoms with Crippen molar-refractivity contribution < 1.29 is 17.9 Å². The summed E-state index contributed by atoms with van der Waals surface area (Å²) in [6, 6.07) is 6.97. The molecule has 39 heavy (non-hydrogen) atoms. The van der Waals surface area contributed by atoms with Gasteiger partial charge in [0.1, 0.15) is 17.9 Å². The van der Waals surface area contributed by atoms with Crippen LogP contribution in [0, 0.1) is 5.82 Å². The Balaban J connectivity index is 1.51. The first kappa shape index (κ1) is 26.3. The van der Waals surface area contributed by atoms with Crippen LogP contribution >= 0.6 is 22.9 Å². The molecule has 0 aliphatic carbocycles. The average molecular weight is 578 g/mol. The Labute approximate surface area is 231 Å². The number of halogens is 4. The Morgan fingerprint density at radius 2 is 2.08 bits per heavy atom. The van der Waals surface area contributed by atoms with Crippen molar-refractivity contribution in [2.24, 2.45) is 0 Å². The second kappa shape index (κ2) is 10.2. The van der Waals surface area contributed by atoms with E-state index < -0.39 is 24.8 Å². The number of likely N-dealkylation sites (N-methyl/N-ethyl adjacent to an activating group) is 1. The van der Waals surface area contributed by atoms with Crippen LogP contribution in [-0.4, -0.2) is 78.2 Å². The van der Waals surface area contributed by atoms with Crippen LogP contribution in [0.5, 0.6) is 6.01 Å². The molecule has 1 atom stereocenters. The number of nitrogens with zero attached hydrogens (tertiary/aromatic N) is 5. The van der Waals surface area contributed by atoms with E-state index in [-0.39, 0.29) is 45.9 Å². The van der Waals surface area contributed by atoms with Crippen LogP contribution < -0.4 is 20.7 Å². The molecule has 13 heteroatoms. The Bertz CT molecular complexity index is 1550. The predicted molar refractivity (Wildman–Crippen MR) is 149 cm³/mol. The van der Waals surface area contributed by atoms with E-state index in [9.17, 15) is 8.78 Å². The minimum Gasteiger partial charge on any atom is -0.462 e. The van der Waals surface area contributed by atoms with Crippen LogP contribution in [0.2, 0.25) is 5.02 Å². The lowest BCUT2D eigenvalue weighted by atomic mass is 10.0. The van der Waals surface area contributed by atoms with Crippen molar-refractivity contribution in [3.63, 3.8) is 0 Å². The fourth-order valence-electron chi connectivity index (χ4n) is 5.32. The van der Waals surface area contributed by atoms with E-state index in [1.165, 1.54) is 22.3 Å². The number of anilines is 2. The van der Waals surface area contributed by atoms with Crippen LogP contribution in [0.1, 0.15) is 12.8 Å². The zero-order chi connectivity index (χ0) is 27.3. The molecule has 0 bridgehead atoms. The van der Waals surface area contributed by atoms with E-state index in [1.807, 2.05) is 13.1 Å². The summed E-state index contributed by atoms with van der Waals surface area (Å²) in [4.78, 5) is 16.9. The molecule has 0 radical (unpaired) electrons. The Morgan fingerprint density at radius 3 is 2.87 bits per heavy atom. The lowest BCUT2D eigenvalue weighted by Gasteiger charge is -2.26. The maximum absolute atomic E-state index is 16.4. The van der Waals surface area contributed by atoms with Gasteiger partial charge in [-0.2, -0.15) is 9.97 Å². The fourth-order valence-corrected chi connectivity index (χ4v) is 6.38. The first-order chi connectivity index (χ1) is 18.7. The summed E-state index contributed by atoms with van der Waals surface area (Å²) in [5.41, 5.74) is 6.95.